The van der Waals surface area contributed by atoms with E-state index >= 15 is 0 Å². The minimum atomic E-state index is -0.626. The van der Waals surface area contributed by atoms with Crippen LogP contribution in [0, 0.1) is 26.6 Å². The third-order valence-corrected chi connectivity index (χ3v) is 4.76. The molecule has 0 atom stereocenters. The summed E-state index contributed by atoms with van der Waals surface area (Å²) in [6.45, 7) is 5.67. The highest BCUT2D eigenvalue weighted by molar-refractivity contribution is 5.89. The predicted octanol–water partition coefficient (Wildman–Crippen LogP) is 3.81. The first-order chi connectivity index (χ1) is 14.8. The van der Waals surface area contributed by atoms with Crippen LogP contribution in [0.4, 0.5) is 4.39 Å². The summed E-state index contributed by atoms with van der Waals surface area (Å²) in [7, 11) is 0. The second-order valence-corrected chi connectivity index (χ2v) is 7.18. The molecule has 0 radical (unpaired) electrons. The van der Waals surface area contributed by atoms with Crippen LogP contribution in [0.2, 0.25) is 0 Å². The number of nitrogens with one attached hydrogen (secondary N) is 1. The Hall–Kier alpha value is -3.74. The molecule has 0 bridgehead atoms. The molecule has 7 heteroatoms. The van der Waals surface area contributed by atoms with Gasteiger partial charge in [-0.2, -0.15) is 5.10 Å². The molecular weight excluding hydrogens is 397 g/mol. The SMILES string of the molecule is Cc1ccc(CNC(=O)COC(=O)/C=C/c2c(C)nn(-c3ccc(F)cc3)c2C)cc1. The van der Waals surface area contributed by atoms with Gasteiger partial charge < -0.3 is 10.1 Å². The molecule has 0 spiro atoms. The molecule has 1 N–H and O–H groups in total. The summed E-state index contributed by atoms with van der Waals surface area (Å²) in [4.78, 5) is 23.9. The fourth-order valence-electron chi connectivity index (χ4n) is 3.02. The quantitative estimate of drug-likeness (QED) is 0.465. The van der Waals surface area contributed by atoms with Crippen LogP contribution < -0.4 is 5.32 Å². The molecule has 6 nitrogen and oxygen atoms in total. The molecule has 3 rings (SSSR count). The van der Waals surface area contributed by atoms with E-state index < -0.39 is 5.97 Å². The van der Waals surface area contributed by atoms with Crippen molar-refractivity contribution in [2.24, 2.45) is 0 Å². The smallest absolute Gasteiger partial charge is 0.331 e. The van der Waals surface area contributed by atoms with Crippen molar-refractivity contribution in [1.82, 2.24) is 15.1 Å². The standard InChI is InChI=1S/C24H24FN3O3/c1-16-4-6-19(7-5-16)14-26-23(29)15-31-24(30)13-12-22-17(2)27-28(18(22)3)21-10-8-20(25)9-11-21/h4-13H,14-15H2,1-3H3,(H,26,29)/b13-12+. The number of halogens is 1. The van der Waals surface area contributed by atoms with Crippen molar-refractivity contribution in [2.75, 3.05) is 6.61 Å². The lowest BCUT2D eigenvalue weighted by molar-refractivity contribution is -0.143. The lowest BCUT2D eigenvalue weighted by Gasteiger charge is -2.06. The Kier molecular flexibility index (Phi) is 6.97. The number of ether oxygens (including phenoxy) is 1. The summed E-state index contributed by atoms with van der Waals surface area (Å²) in [5.41, 5.74) is 5.09. The van der Waals surface area contributed by atoms with Crippen LogP contribution in [0.1, 0.15) is 28.1 Å². The summed E-state index contributed by atoms with van der Waals surface area (Å²) in [6.07, 6.45) is 2.86. The zero-order valence-corrected chi connectivity index (χ0v) is 17.7. The van der Waals surface area contributed by atoms with Crippen molar-refractivity contribution in [3.63, 3.8) is 0 Å². The van der Waals surface area contributed by atoms with Crippen molar-refractivity contribution < 1.29 is 18.7 Å². The average molecular weight is 421 g/mol. The van der Waals surface area contributed by atoms with E-state index in [0.29, 0.717) is 12.2 Å². The number of hydrogen-bond acceptors (Lipinski definition) is 4. The van der Waals surface area contributed by atoms with Crippen molar-refractivity contribution in [2.45, 2.75) is 27.3 Å². The largest absolute Gasteiger partial charge is 0.452 e. The van der Waals surface area contributed by atoms with Gasteiger partial charge in [0.05, 0.1) is 11.4 Å². The van der Waals surface area contributed by atoms with Gasteiger partial charge in [0.15, 0.2) is 6.61 Å². The zero-order valence-electron chi connectivity index (χ0n) is 17.7. The van der Waals surface area contributed by atoms with Crippen LogP contribution >= 0.6 is 0 Å². The van der Waals surface area contributed by atoms with E-state index in [1.807, 2.05) is 45.0 Å². The van der Waals surface area contributed by atoms with Gasteiger partial charge in [-0.25, -0.2) is 13.9 Å². The Morgan fingerprint density at radius 3 is 2.42 bits per heavy atom. The molecule has 0 unspecified atom stereocenters. The number of carbonyl (C=O) groups is 2. The first-order valence-electron chi connectivity index (χ1n) is 9.82. The summed E-state index contributed by atoms with van der Waals surface area (Å²) in [6, 6.07) is 13.8. The molecule has 0 aliphatic rings. The van der Waals surface area contributed by atoms with Crippen LogP contribution in [0.15, 0.2) is 54.6 Å². The van der Waals surface area contributed by atoms with Gasteiger partial charge in [0.2, 0.25) is 0 Å². The molecule has 1 aromatic heterocycles. The Balaban J connectivity index is 1.54. The van der Waals surface area contributed by atoms with Gasteiger partial charge in [0, 0.05) is 23.9 Å². The summed E-state index contributed by atoms with van der Waals surface area (Å²) in [5, 5.41) is 7.16. The van der Waals surface area contributed by atoms with Crippen molar-refractivity contribution >= 4 is 18.0 Å². The van der Waals surface area contributed by atoms with Gasteiger partial charge in [-0.1, -0.05) is 29.8 Å². The van der Waals surface area contributed by atoms with E-state index in [1.165, 1.54) is 18.2 Å². The molecule has 0 saturated carbocycles. The fourth-order valence-corrected chi connectivity index (χ4v) is 3.02. The number of rotatable bonds is 7. The number of nitrogens with zero attached hydrogens (tertiary/aromatic N) is 2. The number of aryl methyl sites for hydroxylation is 2. The molecule has 0 fully saturated rings. The topological polar surface area (TPSA) is 73.2 Å². The monoisotopic (exact) mass is 421 g/mol. The molecule has 2 aromatic carbocycles. The summed E-state index contributed by atoms with van der Waals surface area (Å²) >= 11 is 0. The molecular formula is C24H24FN3O3. The molecule has 0 saturated heterocycles. The molecule has 0 aliphatic heterocycles. The number of amides is 1. The van der Waals surface area contributed by atoms with Gasteiger partial charge in [0.1, 0.15) is 5.82 Å². The average Bonchev–Trinajstić information content (AvgIpc) is 3.04. The van der Waals surface area contributed by atoms with E-state index in [0.717, 1.165) is 28.1 Å². The molecule has 0 aliphatic carbocycles. The van der Waals surface area contributed by atoms with E-state index in [-0.39, 0.29) is 18.3 Å². The number of hydrogen-bond donors (Lipinski definition) is 1. The number of carbonyl (C=O) groups excluding carboxylic acids is 2. The van der Waals surface area contributed by atoms with E-state index in [1.54, 1.807) is 22.9 Å². The minimum absolute atomic E-state index is 0.323. The van der Waals surface area contributed by atoms with Gasteiger partial charge in [-0.15, -0.1) is 0 Å². The van der Waals surface area contributed by atoms with Crippen LogP contribution in [0.5, 0.6) is 0 Å². The van der Waals surface area contributed by atoms with Gasteiger partial charge in [0.25, 0.3) is 5.91 Å². The first-order valence-corrected chi connectivity index (χ1v) is 9.82. The Morgan fingerprint density at radius 1 is 1.06 bits per heavy atom. The van der Waals surface area contributed by atoms with E-state index in [9.17, 15) is 14.0 Å². The first kappa shape index (κ1) is 22.0. The Morgan fingerprint density at radius 2 is 1.74 bits per heavy atom. The predicted molar refractivity (Wildman–Crippen MR) is 116 cm³/mol. The highest BCUT2D eigenvalue weighted by Gasteiger charge is 2.12. The Bertz CT molecular complexity index is 1100. The maximum Gasteiger partial charge on any atom is 0.331 e. The van der Waals surface area contributed by atoms with Crippen LogP contribution in [0.3, 0.4) is 0 Å². The molecule has 3 aromatic rings. The fraction of sp³-hybridized carbons (Fsp3) is 0.208. The van der Waals surface area contributed by atoms with Crippen LogP contribution in [-0.2, 0) is 20.9 Å². The van der Waals surface area contributed by atoms with Gasteiger partial charge >= 0.3 is 5.97 Å². The lowest BCUT2D eigenvalue weighted by Crippen LogP contribution is -2.28. The molecule has 160 valence electrons. The summed E-state index contributed by atoms with van der Waals surface area (Å²) in [5.74, 6) is -1.33. The third-order valence-electron chi connectivity index (χ3n) is 4.76. The maximum absolute atomic E-state index is 13.2. The number of aromatic nitrogens is 2. The normalized spacial score (nSPS) is 11.0. The molecule has 1 heterocycles. The van der Waals surface area contributed by atoms with Crippen LogP contribution in [0.25, 0.3) is 11.8 Å². The van der Waals surface area contributed by atoms with E-state index in [4.69, 9.17) is 4.74 Å². The van der Waals surface area contributed by atoms with Crippen molar-refractivity contribution in [1.29, 1.82) is 0 Å². The summed E-state index contributed by atoms with van der Waals surface area (Å²) < 4.78 is 19.8. The number of benzene rings is 2. The minimum Gasteiger partial charge on any atom is -0.452 e. The lowest BCUT2D eigenvalue weighted by atomic mass is 10.1. The highest BCUT2D eigenvalue weighted by atomic mass is 19.1. The molecule has 1 amide bonds. The van der Waals surface area contributed by atoms with Crippen molar-refractivity contribution in [3.8, 4) is 5.69 Å². The Labute approximate surface area is 180 Å². The second kappa shape index (κ2) is 9.84. The van der Waals surface area contributed by atoms with Crippen molar-refractivity contribution in [3.05, 3.63) is 88.5 Å². The van der Waals surface area contributed by atoms with E-state index in [2.05, 4.69) is 10.4 Å². The van der Waals surface area contributed by atoms with Gasteiger partial charge in [-0.05, 0) is 56.7 Å². The number of esters is 1. The van der Waals surface area contributed by atoms with Crippen LogP contribution in [-0.4, -0.2) is 28.3 Å². The zero-order chi connectivity index (χ0) is 22.4. The third kappa shape index (κ3) is 5.88. The maximum atomic E-state index is 13.2. The highest BCUT2D eigenvalue weighted by Crippen LogP contribution is 2.19. The molecule has 31 heavy (non-hydrogen) atoms. The van der Waals surface area contributed by atoms with Gasteiger partial charge in [-0.3, -0.25) is 4.79 Å². The second-order valence-electron chi connectivity index (χ2n) is 7.18.